The lowest BCUT2D eigenvalue weighted by molar-refractivity contribution is -0.117. The average Bonchev–Trinajstić information content (AvgIpc) is 2.49. The lowest BCUT2D eigenvalue weighted by Gasteiger charge is -1.96. The van der Waals surface area contributed by atoms with Crippen LogP contribution in [0.2, 0.25) is 0 Å². The zero-order valence-electron chi connectivity index (χ0n) is 6.86. The number of hydrogen-bond donors (Lipinski definition) is 1. The summed E-state index contributed by atoms with van der Waals surface area (Å²) in [6, 6.07) is 5.74. The van der Waals surface area contributed by atoms with Gasteiger partial charge in [0, 0.05) is 0 Å². The van der Waals surface area contributed by atoms with E-state index in [0.717, 1.165) is 15.8 Å². The average molecular weight is 192 g/mol. The third-order valence-corrected chi connectivity index (χ3v) is 2.57. The van der Waals surface area contributed by atoms with Gasteiger partial charge in [0.25, 0.3) is 0 Å². The molecule has 0 atom stereocenters. The number of nitrogens with zero attached hydrogens (tertiary/aromatic N) is 1. The van der Waals surface area contributed by atoms with E-state index in [-0.39, 0.29) is 5.91 Å². The van der Waals surface area contributed by atoms with Crippen LogP contribution < -0.4 is 5.73 Å². The molecule has 0 bridgehead atoms. The molecule has 0 aliphatic carbocycles. The number of rotatable bonds is 2. The van der Waals surface area contributed by atoms with Gasteiger partial charge in [0.1, 0.15) is 0 Å². The van der Waals surface area contributed by atoms with Crippen molar-refractivity contribution in [2.24, 2.45) is 5.73 Å². The number of primary amides is 1. The minimum atomic E-state index is -0.302. The lowest BCUT2D eigenvalue weighted by atomic mass is 10.1. The second kappa shape index (κ2) is 3.14. The fourth-order valence-electron chi connectivity index (χ4n) is 1.21. The summed E-state index contributed by atoms with van der Waals surface area (Å²) in [5.74, 6) is -0.302. The SMILES string of the molecule is NC(=O)Cc1ccc2ncsc2c1. The van der Waals surface area contributed by atoms with Crippen LogP contribution in [0.15, 0.2) is 23.7 Å². The largest absolute Gasteiger partial charge is 0.369 e. The molecule has 0 saturated heterocycles. The second-order valence-corrected chi connectivity index (χ2v) is 3.68. The van der Waals surface area contributed by atoms with Crippen molar-refractivity contribution in [2.45, 2.75) is 6.42 Å². The zero-order valence-corrected chi connectivity index (χ0v) is 7.67. The number of benzene rings is 1. The van der Waals surface area contributed by atoms with Crippen LogP contribution in [0.5, 0.6) is 0 Å². The molecule has 2 aromatic rings. The molecule has 4 heteroatoms. The number of nitrogens with two attached hydrogens (primary N) is 1. The molecule has 0 fully saturated rings. The third-order valence-electron chi connectivity index (χ3n) is 1.77. The van der Waals surface area contributed by atoms with E-state index < -0.39 is 0 Å². The van der Waals surface area contributed by atoms with Crippen molar-refractivity contribution in [1.82, 2.24) is 4.98 Å². The van der Waals surface area contributed by atoms with Crippen molar-refractivity contribution in [3.8, 4) is 0 Å². The van der Waals surface area contributed by atoms with Gasteiger partial charge in [0.05, 0.1) is 22.1 Å². The van der Waals surface area contributed by atoms with Gasteiger partial charge < -0.3 is 5.73 Å². The summed E-state index contributed by atoms with van der Waals surface area (Å²) in [6.45, 7) is 0. The van der Waals surface area contributed by atoms with Crippen LogP contribution in [0.3, 0.4) is 0 Å². The maximum absolute atomic E-state index is 10.7. The second-order valence-electron chi connectivity index (χ2n) is 2.80. The smallest absolute Gasteiger partial charge is 0.221 e. The number of fused-ring (bicyclic) bond motifs is 1. The highest BCUT2D eigenvalue weighted by molar-refractivity contribution is 7.16. The maximum Gasteiger partial charge on any atom is 0.221 e. The summed E-state index contributed by atoms with van der Waals surface area (Å²) in [7, 11) is 0. The minimum Gasteiger partial charge on any atom is -0.369 e. The van der Waals surface area contributed by atoms with Crippen LogP contribution in [-0.4, -0.2) is 10.9 Å². The van der Waals surface area contributed by atoms with Crippen molar-refractivity contribution >= 4 is 27.5 Å². The van der Waals surface area contributed by atoms with E-state index >= 15 is 0 Å². The fraction of sp³-hybridized carbons (Fsp3) is 0.111. The van der Waals surface area contributed by atoms with E-state index in [1.54, 1.807) is 16.8 Å². The van der Waals surface area contributed by atoms with E-state index in [1.807, 2.05) is 18.2 Å². The molecule has 0 saturated carbocycles. The van der Waals surface area contributed by atoms with E-state index in [0.29, 0.717) is 6.42 Å². The van der Waals surface area contributed by atoms with Gasteiger partial charge in [-0.1, -0.05) is 6.07 Å². The van der Waals surface area contributed by atoms with Gasteiger partial charge in [-0.05, 0) is 17.7 Å². The highest BCUT2D eigenvalue weighted by Gasteiger charge is 2.01. The molecule has 13 heavy (non-hydrogen) atoms. The topological polar surface area (TPSA) is 56.0 Å². The Kier molecular flexibility index (Phi) is 1.98. The highest BCUT2D eigenvalue weighted by Crippen LogP contribution is 2.19. The summed E-state index contributed by atoms with van der Waals surface area (Å²) < 4.78 is 1.10. The zero-order chi connectivity index (χ0) is 9.26. The molecule has 0 aliphatic heterocycles. The number of amides is 1. The Hall–Kier alpha value is -1.42. The predicted octanol–water partition coefficient (Wildman–Crippen LogP) is 1.32. The van der Waals surface area contributed by atoms with Gasteiger partial charge in [0.2, 0.25) is 5.91 Å². The molecule has 3 nitrogen and oxygen atoms in total. The molecule has 66 valence electrons. The molecule has 1 aromatic carbocycles. The van der Waals surface area contributed by atoms with Crippen LogP contribution in [0.25, 0.3) is 10.2 Å². The predicted molar refractivity (Wildman–Crippen MR) is 52.5 cm³/mol. The van der Waals surface area contributed by atoms with E-state index in [1.165, 1.54) is 0 Å². The minimum absolute atomic E-state index is 0.299. The van der Waals surface area contributed by atoms with E-state index in [4.69, 9.17) is 5.73 Å². The van der Waals surface area contributed by atoms with Gasteiger partial charge in [-0.2, -0.15) is 0 Å². The Labute approximate surface area is 79.2 Å². The maximum atomic E-state index is 10.7. The van der Waals surface area contributed by atoms with Crippen molar-refractivity contribution in [3.63, 3.8) is 0 Å². The third kappa shape index (κ3) is 1.67. The normalized spacial score (nSPS) is 10.5. The first kappa shape index (κ1) is 8.19. The molecule has 1 amide bonds. The molecule has 1 aromatic heterocycles. The molecule has 2 rings (SSSR count). The summed E-state index contributed by atoms with van der Waals surface area (Å²) in [5.41, 5.74) is 8.80. The van der Waals surface area contributed by atoms with Crippen LogP contribution >= 0.6 is 11.3 Å². The van der Waals surface area contributed by atoms with Crippen LogP contribution in [0, 0.1) is 0 Å². The molecular formula is C9H8N2OS. The molecule has 0 unspecified atom stereocenters. The summed E-state index contributed by atoms with van der Waals surface area (Å²) in [4.78, 5) is 14.8. The number of thiazole rings is 1. The van der Waals surface area contributed by atoms with Crippen LogP contribution in [0.4, 0.5) is 0 Å². The first-order valence-corrected chi connectivity index (χ1v) is 4.74. The van der Waals surface area contributed by atoms with E-state index in [9.17, 15) is 4.79 Å². The summed E-state index contributed by atoms with van der Waals surface area (Å²) in [6.07, 6.45) is 0.299. The molecule has 0 spiro atoms. The first-order chi connectivity index (χ1) is 6.25. The fourth-order valence-corrected chi connectivity index (χ4v) is 1.95. The highest BCUT2D eigenvalue weighted by atomic mass is 32.1. The van der Waals surface area contributed by atoms with E-state index in [2.05, 4.69) is 4.98 Å². The molecule has 2 N–H and O–H groups in total. The molecule has 1 heterocycles. The Morgan fingerprint density at radius 1 is 1.54 bits per heavy atom. The van der Waals surface area contributed by atoms with Gasteiger partial charge in [-0.25, -0.2) is 4.98 Å². The van der Waals surface area contributed by atoms with Crippen molar-refractivity contribution in [3.05, 3.63) is 29.3 Å². The molecule has 0 aliphatic rings. The van der Waals surface area contributed by atoms with Crippen molar-refractivity contribution < 1.29 is 4.79 Å². The monoisotopic (exact) mass is 192 g/mol. The summed E-state index contributed by atoms with van der Waals surface area (Å²) in [5, 5.41) is 0. The number of carbonyl (C=O) groups is 1. The van der Waals surface area contributed by atoms with Crippen molar-refractivity contribution in [2.75, 3.05) is 0 Å². The Bertz CT molecular complexity index is 450. The first-order valence-electron chi connectivity index (χ1n) is 3.86. The van der Waals surface area contributed by atoms with Gasteiger partial charge in [0.15, 0.2) is 0 Å². The molecule has 0 radical (unpaired) electrons. The Morgan fingerprint density at radius 2 is 2.38 bits per heavy atom. The lowest BCUT2D eigenvalue weighted by Crippen LogP contribution is -2.13. The summed E-state index contributed by atoms with van der Waals surface area (Å²) >= 11 is 1.57. The van der Waals surface area contributed by atoms with Gasteiger partial charge in [-0.15, -0.1) is 11.3 Å². The molecular weight excluding hydrogens is 184 g/mol. The van der Waals surface area contributed by atoms with Crippen molar-refractivity contribution in [1.29, 1.82) is 0 Å². The van der Waals surface area contributed by atoms with Crippen LogP contribution in [0.1, 0.15) is 5.56 Å². The quantitative estimate of drug-likeness (QED) is 0.780. The number of aromatic nitrogens is 1. The number of hydrogen-bond acceptors (Lipinski definition) is 3. The van der Waals surface area contributed by atoms with Gasteiger partial charge in [-0.3, -0.25) is 4.79 Å². The Morgan fingerprint density at radius 3 is 3.15 bits per heavy atom. The standard InChI is InChI=1S/C9H8N2OS/c10-9(12)4-6-1-2-7-8(3-6)13-5-11-7/h1-3,5H,4H2,(H2,10,12). The van der Waals surface area contributed by atoms with Gasteiger partial charge >= 0.3 is 0 Å². The van der Waals surface area contributed by atoms with Crippen LogP contribution in [-0.2, 0) is 11.2 Å². The Balaban J connectivity index is 2.42. The number of carbonyl (C=O) groups excluding carboxylic acids is 1.